The molecule has 6 nitrogen and oxygen atoms in total. The lowest BCUT2D eigenvalue weighted by Crippen LogP contribution is -2.45. The second kappa shape index (κ2) is 57.4. The maximum absolute atomic E-state index is 12.4. The van der Waals surface area contributed by atoms with Gasteiger partial charge < -0.3 is 20.3 Å². The Balaban J connectivity index is 3.31. The highest BCUT2D eigenvalue weighted by Crippen LogP contribution is 2.18. The van der Waals surface area contributed by atoms with Gasteiger partial charge in [0.25, 0.3) is 0 Å². The van der Waals surface area contributed by atoms with E-state index in [0.717, 1.165) is 38.5 Å². The van der Waals surface area contributed by atoms with Gasteiger partial charge in [0.15, 0.2) is 0 Å². The lowest BCUT2D eigenvalue weighted by molar-refractivity contribution is -0.143. The Labute approximate surface area is 419 Å². The van der Waals surface area contributed by atoms with E-state index in [1.54, 1.807) is 0 Å². The summed E-state index contributed by atoms with van der Waals surface area (Å²) in [5, 5.41) is 23.2. The molecule has 0 spiro atoms. The van der Waals surface area contributed by atoms with Crippen molar-refractivity contribution in [2.75, 3.05) is 13.2 Å². The molecular formula is C61H121NO5. The maximum atomic E-state index is 12.4. The van der Waals surface area contributed by atoms with E-state index in [1.165, 1.54) is 283 Å². The van der Waals surface area contributed by atoms with Crippen molar-refractivity contribution in [3.05, 3.63) is 0 Å². The zero-order valence-electron chi connectivity index (χ0n) is 45.7. The molecule has 0 saturated carbocycles. The lowest BCUT2D eigenvalue weighted by atomic mass is 10.0. The van der Waals surface area contributed by atoms with E-state index in [0.29, 0.717) is 25.9 Å². The molecule has 0 aromatic carbocycles. The molecule has 0 aromatic heterocycles. The summed E-state index contributed by atoms with van der Waals surface area (Å²) in [7, 11) is 0. The third kappa shape index (κ3) is 54.0. The van der Waals surface area contributed by atoms with Gasteiger partial charge in [0, 0.05) is 12.8 Å². The largest absolute Gasteiger partial charge is 0.466 e. The summed E-state index contributed by atoms with van der Waals surface area (Å²) in [5.74, 6) is -0.0149. The summed E-state index contributed by atoms with van der Waals surface area (Å²) in [6.45, 7) is 4.97. The molecule has 1 amide bonds. The Bertz CT molecular complexity index is 959. The van der Waals surface area contributed by atoms with E-state index < -0.39 is 12.1 Å². The van der Waals surface area contributed by atoms with Crippen LogP contribution in [-0.4, -0.2) is 47.4 Å². The first-order valence-corrected chi connectivity index (χ1v) is 30.8. The van der Waals surface area contributed by atoms with E-state index >= 15 is 0 Å². The minimum Gasteiger partial charge on any atom is -0.466 e. The molecule has 0 heterocycles. The number of hydrogen-bond acceptors (Lipinski definition) is 5. The van der Waals surface area contributed by atoms with Gasteiger partial charge in [-0.25, -0.2) is 0 Å². The Morgan fingerprint density at radius 2 is 0.612 bits per heavy atom. The SMILES string of the molecule is CCCCCCCCCCCCCCCCCCCC(=O)OCCCCCCCCCCCCCCCCCCCCCCCCCC(=O)NC(CO)C(O)CCCCCCCCCCCC. The summed E-state index contributed by atoms with van der Waals surface area (Å²) in [5.41, 5.74) is 0. The van der Waals surface area contributed by atoms with Crippen molar-refractivity contribution < 1.29 is 24.5 Å². The fourth-order valence-electron chi connectivity index (χ4n) is 9.94. The van der Waals surface area contributed by atoms with Crippen LogP contribution in [0.2, 0.25) is 0 Å². The molecule has 67 heavy (non-hydrogen) atoms. The molecule has 3 N–H and O–H groups in total. The molecule has 0 aliphatic heterocycles. The van der Waals surface area contributed by atoms with Crippen LogP contribution in [0.5, 0.6) is 0 Å². The van der Waals surface area contributed by atoms with E-state index in [4.69, 9.17) is 4.74 Å². The average molecular weight is 949 g/mol. The van der Waals surface area contributed by atoms with Crippen molar-refractivity contribution in [1.29, 1.82) is 0 Å². The smallest absolute Gasteiger partial charge is 0.305 e. The Hall–Kier alpha value is -1.14. The van der Waals surface area contributed by atoms with Gasteiger partial charge in [-0.05, 0) is 25.7 Å². The van der Waals surface area contributed by atoms with Crippen molar-refractivity contribution >= 4 is 11.9 Å². The molecule has 0 aliphatic rings. The number of hydrogen-bond donors (Lipinski definition) is 3. The summed E-state index contributed by atoms with van der Waals surface area (Å²) in [6, 6.07) is -0.538. The topological polar surface area (TPSA) is 95.9 Å². The number of nitrogens with one attached hydrogen (secondary N) is 1. The molecule has 0 aromatic rings. The highest BCUT2D eigenvalue weighted by atomic mass is 16.5. The molecule has 6 heteroatoms. The summed E-state index contributed by atoms with van der Waals surface area (Å²) >= 11 is 0. The van der Waals surface area contributed by atoms with Crippen molar-refractivity contribution in [1.82, 2.24) is 5.32 Å². The third-order valence-electron chi connectivity index (χ3n) is 14.7. The summed E-state index contributed by atoms with van der Waals surface area (Å²) in [4.78, 5) is 24.5. The molecule has 2 atom stereocenters. The first-order valence-electron chi connectivity index (χ1n) is 30.8. The number of amides is 1. The number of ether oxygens (including phenoxy) is 1. The van der Waals surface area contributed by atoms with Gasteiger partial charge in [-0.2, -0.15) is 0 Å². The fraction of sp³-hybridized carbons (Fsp3) is 0.967. The quantitative estimate of drug-likeness (QED) is 0.0417. The van der Waals surface area contributed by atoms with Crippen LogP contribution in [0.4, 0.5) is 0 Å². The normalized spacial score (nSPS) is 12.5. The van der Waals surface area contributed by atoms with E-state index in [9.17, 15) is 19.8 Å². The lowest BCUT2D eigenvalue weighted by Gasteiger charge is -2.22. The number of aliphatic hydroxyl groups is 2. The van der Waals surface area contributed by atoms with Crippen molar-refractivity contribution in [3.8, 4) is 0 Å². The van der Waals surface area contributed by atoms with Gasteiger partial charge in [0.1, 0.15) is 0 Å². The van der Waals surface area contributed by atoms with Gasteiger partial charge >= 0.3 is 5.97 Å². The van der Waals surface area contributed by atoms with Gasteiger partial charge in [-0.1, -0.05) is 316 Å². The number of unbranched alkanes of at least 4 members (excludes halogenated alkanes) is 47. The number of carbonyl (C=O) groups is 2. The molecule has 400 valence electrons. The van der Waals surface area contributed by atoms with Crippen LogP contribution in [0.15, 0.2) is 0 Å². The molecule has 2 unspecified atom stereocenters. The Kier molecular flexibility index (Phi) is 56.5. The number of esters is 1. The molecule has 0 radical (unpaired) electrons. The first-order chi connectivity index (χ1) is 33.0. The molecule has 0 bridgehead atoms. The van der Waals surface area contributed by atoms with E-state index in [1.807, 2.05) is 0 Å². The predicted molar refractivity (Wildman–Crippen MR) is 292 cm³/mol. The van der Waals surface area contributed by atoms with Crippen LogP contribution >= 0.6 is 0 Å². The molecule has 0 saturated heterocycles. The standard InChI is InChI=1S/C61H121NO5/c1-3-5-7-9-11-13-15-16-17-25-29-32-35-39-43-47-51-55-61(66)67-56-52-48-44-40-36-33-30-27-24-22-20-18-19-21-23-26-28-31-34-38-42-46-50-54-60(65)62-58(57-63)59(64)53-49-45-41-37-14-12-10-8-6-4-2/h58-59,63-64H,3-57H2,1-2H3,(H,62,65). The highest BCUT2D eigenvalue weighted by Gasteiger charge is 2.20. The maximum Gasteiger partial charge on any atom is 0.305 e. The number of rotatable bonds is 58. The molecular weight excluding hydrogens is 827 g/mol. The van der Waals surface area contributed by atoms with Crippen molar-refractivity contribution in [3.63, 3.8) is 0 Å². The summed E-state index contributed by atoms with van der Waals surface area (Å²) < 4.78 is 5.50. The van der Waals surface area contributed by atoms with Gasteiger partial charge in [0.05, 0.1) is 25.4 Å². The van der Waals surface area contributed by atoms with Gasteiger partial charge in [0.2, 0.25) is 5.91 Å². The van der Waals surface area contributed by atoms with Crippen LogP contribution in [0.3, 0.4) is 0 Å². The van der Waals surface area contributed by atoms with Crippen LogP contribution in [0.1, 0.15) is 354 Å². The Morgan fingerprint density at radius 1 is 0.358 bits per heavy atom. The zero-order valence-corrected chi connectivity index (χ0v) is 45.7. The zero-order chi connectivity index (χ0) is 48.6. The minimum absolute atomic E-state index is 0.0192. The highest BCUT2D eigenvalue weighted by molar-refractivity contribution is 5.76. The molecule has 0 fully saturated rings. The van der Waals surface area contributed by atoms with Crippen LogP contribution in [0, 0.1) is 0 Å². The van der Waals surface area contributed by atoms with E-state index in [-0.39, 0.29) is 18.5 Å². The number of carbonyl (C=O) groups excluding carboxylic acids is 2. The summed E-state index contributed by atoms with van der Waals surface area (Å²) in [6.07, 6.45) is 66.9. The van der Waals surface area contributed by atoms with Crippen LogP contribution < -0.4 is 5.32 Å². The number of aliphatic hydroxyl groups excluding tert-OH is 2. The predicted octanol–water partition coefficient (Wildman–Crippen LogP) is 19.1. The van der Waals surface area contributed by atoms with Crippen molar-refractivity contribution in [2.24, 2.45) is 0 Å². The first kappa shape index (κ1) is 65.9. The average Bonchev–Trinajstić information content (AvgIpc) is 3.33. The van der Waals surface area contributed by atoms with Crippen molar-refractivity contribution in [2.45, 2.75) is 366 Å². The fourth-order valence-corrected chi connectivity index (χ4v) is 9.94. The van der Waals surface area contributed by atoms with Crippen LogP contribution in [-0.2, 0) is 14.3 Å². The molecule has 0 aliphatic carbocycles. The Morgan fingerprint density at radius 3 is 0.910 bits per heavy atom. The molecule has 0 rings (SSSR count). The second-order valence-corrected chi connectivity index (χ2v) is 21.4. The minimum atomic E-state index is -0.660. The van der Waals surface area contributed by atoms with Gasteiger partial charge in [-0.3, -0.25) is 9.59 Å². The van der Waals surface area contributed by atoms with E-state index in [2.05, 4.69) is 19.2 Å². The third-order valence-corrected chi connectivity index (χ3v) is 14.7. The van der Waals surface area contributed by atoms with Crippen LogP contribution in [0.25, 0.3) is 0 Å². The second-order valence-electron chi connectivity index (χ2n) is 21.4. The van der Waals surface area contributed by atoms with Gasteiger partial charge in [-0.15, -0.1) is 0 Å². The monoisotopic (exact) mass is 948 g/mol.